The van der Waals surface area contributed by atoms with Crippen molar-refractivity contribution >= 4 is 34.2 Å². The van der Waals surface area contributed by atoms with Crippen molar-refractivity contribution < 1.29 is 4.79 Å². The van der Waals surface area contributed by atoms with Gasteiger partial charge in [0.25, 0.3) is 0 Å². The van der Waals surface area contributed by atoms with Crippen molar-refractivity contribution in [3.63, 3.8) is 0 Å². The molecule has 0 aliphatic heterocycles. The summed E-state index contributed by atoms with van der Waals surface area (Å²) in [6, 6.07) is 1.56. The number of primary amides is 1. The zero-order chi connectivity index (χ0) is 7.56. The Hall–Kier alpha value is -0.610. The van der Waals surface area contributed by atoms with E-state index in [1.165, 1.54) is 12.4 Å². The number of rotatable bonds is 1. The maximum Gasteiger partial charge on any atom is 0.249 e. The molecule has 2 N–H and O–H groups in total. The van der Waals surface area contributed by atoms with Gasteiger partial charge in [-0.1, -0.05) is 0 Å². The van der Waals surface area contributed by atoms with E-state index in [0.29, 0.717) is 10.0 Å². The first-order valence-electron chi connectivity index (χ1n) is 2.61. The highest BCUT2D eigenvalue weighted by Crippen LogP contribution is 2.12. The van der Waals surface area contributed by atoms with Crippen molar-refractivity contribution in [3.05, 3.63) is 28.5 Å². The number of amides is 1. The quantitative estimate of drug-likeness (QED) is 0.802. The molecule has 1 rings (SSSR count). The fourth-order valence-corrected chi connectivity index (χ4v) is 1.02. The van der Waals surface area contributed by atoms with Gasteiger partial charge < -0.3 is 5.73 Å². The predicted octanol–water partition coefficient (Wildman–Crippen LogP) is 1.36. The maximum absolute atomic E-state index is 10.6. The summed E-state index contributed by atoms with van der Waals surface area (Å²) >= 11 is 3.13. The molecule has 5 heteroatoms. The Labute approximate surface area is 78.5 Å². The van der Waals surface area contributed by atoms with Gasteiger partial charge in [-0.2, -0.15) is 0 Å². The second kappa shape index (κ2) is 4.31. The Balaban J connectivity index is 0.000001000. The topological polar surface area (TPSA) is 56.0 Å². The third kappa shape index (κ3) is 2.48. The largest absolute Gasteiger partial charge is 0.366 e. The van der Waals surface area contributed by atoms with Crippen molar-refractivity contribution in [2.24, 2.45) is 5.73 Å². The zero-order valence-corrected chi connectivity index (χ0v) is 7.85. The molecule has 11 heavy (non-hydrogen) atoms. The summed E-state index contributed by atoms with van der Waals surface area (Å²) in [5.41, 5.74) is 5.47. The average molecular weight is 237 g/mol. The number of aromatic nitrogens is 1. The van der Waals surface area contributed by atoms with Gasteiger partial charge in [0.15, 0.2) is 0 Å². The number of carbonyl (C=O) groups is 1. The van der Waals surface area contributed by atoms with E-state index in [9.17, 15) is 4.79 Å². The maximum atomic E-state index is 10.6. The molecule has 60 valence electrons. The number of nitrogens with zero attached hydrogens (tertiary/aromatic N) is 1. The van der Waals surface area contributed by atoms with Crippen LogP contribution >= 0.6 is 28.3 Å². The van der Waals surface area contributed by atoms with Gasteiger partial charge in [0, 0.05) is 16.9 Å². The molecular weight excluding hydrogens is 231 g/mol. The first kappa shape index (κ1) is 10.4. The van der Waals surface area contributed by atoms with Gasteiger partial charge in [-0.15, -0.1) is 12.4 Å². The molecule has 1 heterocycles. The Bertz CT molecular complexity index is 267. The van der Waals surface area contributed by atoms with Crippen LogP contribution in [0.1, 0.15) is 10.4 Å². The van der Waals surface area contributed by atoms with E-state index in [1.54, 1.807) is 6.07 Å². The molecule has 3 nitrogen and oxygen atoms in total. The lowest BCUT2D eigenvalue weighted by Gasteiger charge is -1.95. The van der Waals surface area contributed by atoms with E-state index >= 15 is 0 Å². The fraction of sp³-hybridized carbons (Fsp3) is 0. The van der Waals surface area contributed by atoms with Gasteiger partial charge in [-0.3, -0.25) is 9.78 Å². The zero-order valence-electron chi connectivity index (χ0n) is 5.45. The SMILES string of the molecule is Cl.NC(=O)c1ccncc1Br. The van der Waals surface area contributed by atoms with E-state index in [1.807, 2.05) is 0 Å². The second-order valence-electron chi connectivity index (χ2n) is 1.72. The third-order valence-corrected chi connectivity index (χ3v) is 1.67. The van der Waals surface area contributed by atoms with Crippen LogP contribution in [0.5, 0.6) is 0 Å². The Morgan fingerprint density at radius 1 is 1.64 bits per heavy atom. The molecule has 0 spiro atoms. The van der Waals surface area contributed by atoms with Crippen molar-refractivity contribution in [1.29, 1.82) is 0 Å². The van der Waals surface area contributed by atoms with Crippen LogP contribution in [0.3, 0.4) is 0 Å². The van der Waals surface area contributed by atoms with Crippen LogP contribution in [-0.2, 0) is 0 Å². The molecule has 0 bridgehead atoms. The van der Waals surface area contributed by atoms with Gasteiger partial charge in [0.05, 0.1) is 5.56 Å². The van der Waals surface area contributed by atoms with E-state index in [4.69, 9.17) is 5.73 Å². The highest BCUT2D eigenvalue weighted by molar-refractivity contribution is 9.10. The summed E-state index contributed by atoms with van der Waals surface area (Å²) in [6.07, 6.45) is 3.05. The molecule has 0 fully saturated rings. The monoisotopic (exact) mass is 236 g/mol. The summed E-state index contributed by atoms with van der Waals surface area (Å²) in [5.74, 6) is -0.450. The summed E-state index contributed by atoms with van der Waals surface area (Å²) in [5, 5.41) is 0. The molecule has 1 aromatic heterocycles. The molecule has 0 unspecified atom stereocenters. The Morgan fingerprint density at radius 2 is 2.27 bits per heavy atom. The number of nitrogens with two attached hydrogens (primary N) is 1. The molecule has 0 radical (unpaired) electrons. The van der Waals surface area contributed by atoms with Crippen LogP contribution in [0.25, 0.3) is 0 Å². The molecule has 0 saturated heterocycles. The van der Waals surface area contributed by atoms with Gasteiger partial charge in [0.2, 0.25) is 5.91 Å². The van der Waals surface area contributed by atoms with Gasteiger partial charge in [-0.05, 0) is 22.0 Å². The van der Waals surface area contributed by atoms with Crippen molar-refractivity contribution in [2.75, 3.05) is 0 Å². The van der Waals surface area contributed by atoms with Gasteiger partial charge in [0.1, 0.15) is 0 Å². The first-order valence-corrected chi connectivity index (χ1v) is 3.40. The highest BCUT2D eigenvalue weighted by Gasteiger charge is 2.02. The lowest BCUT2D eigenvalue weighted by atomic mass is 10.3. The molecule has 0 aliphatic carbocycles. The first-order chi connectivity index (χ1) is 4.72. The lowest BCUT2D eigenvalue weighted by Crippen LogP contribution is -2.11. The summed E-state index contributed by atoms with van der Waals surface area (Å²) in [6.45, 7) is 0. The molecule has 0 atom stereocenters. The van der Waals surface area contributed by atoms with Crippen molar-refractivity contribution in [1.82, 2.24) is 4.98 Å². The van der Waals surface area contributed by atoms with Crippen LogP contribution in [0, 0.1) is 0 Å². The van der Waals surface area contributed by atoms with E-state index in [2.05, 4.69) is 20.9 Å². The Kier molecular flexibility index (Phi) is 4.07. The van der Waals surface area contributed by atoms with Crippen LogP contribution in [0.4, 0.5) is 0 Å². The summed E-state index contributed by atoms with van der Waals surface area (Å²) in [4.78, 5) is 14.4. The summed E-state index contributed by atoms with van der Waals surface area (Å²) < 4.78 is 0.627. The van der Waals surface area contributed by atoms with E-state index < -0.39 is 5.91 Å². The third-order valence-electron chi connectivity index (χ3n) is 1.04. The van der Waals surface area contributed by atoms with Gasteiger partial charge in [-0.25, -0.2) is 0 Å². The second-order valence-corrected chi connectivity index (χ2v) is 2.57. The van der Waals surface area contributed by atoms with E-state index in [-0.39, 0.29) is 12.4 Å². The van der Waals surface area contributed by atoms with Crippen LogP contribution in [-0.4, -0.2) is 10.9 Å². The number of carbonyl (C=O) groups excluding carboxylic acids is 1. The molecule has 1 amide bonds. The van der Waals surface area contributed by atoms with Gasteiger partial charge >= 0.3 is 0 Å². The van der Waals surface area contributed by atoms with Crippen LogP contribution in [0.2, 0.25) is 0 Å². The highest BCUT2D eigenvalue weighted by atomic mass is 79.9. The molecule has 0 saturated carbocycles. The average Bonchev–Trinajstić information content (AvgIpc) is 1.88. The smallest absolute Gasteiger partial charge is 0.249 e. The molecular formula is C6H6BrClN2O. The minimum Gasteiger partial charge on any atom is -0.366 e. The number of hydrogen-bond acceptors (Lipinski definition) is 2. The van der Waals surface area contributed by atoms with Crippen LogP contribution in [0.15, 0.2) is 22.9 Å². The molecule has 0 aromatic carbocycles. The molecule has 0 aliphatic rings. The minimum atomic E-state index is -0.450. The van der Waals surface area contributed by atoms with Crippen LogP contribution < -0.4 is 5.73 Å². The number of hydrogen-bond donors (Lipinski definition) is 1. The normalized spacial score (nSPS) is 8.45. The van der Waals surface area contributed by atoms with Crippen molar-refractivity contribution in [2.45, 2.75) is 0 Å². The predicted molar refractivity (Wildman–Crippen MR) is 47.7 cm³/mol. The summed E-state index contributed by atoms with van der Waals surface area (Å²) in [7, 11) is 0. The van der Waals surface area contributed by atoms with Crippen molar-refractivity contribution in [3.8, 4) is 0 Å². The lowest BCUT2D eigenvalue weighted by molar-refractivity contribution is 0.0999. The number of pyridine rings is 1. The minimum absolute atomic E-state index is 0. The fourth-order valence-electron chi connectivity index (χ4n) is 0.575. The number of halogens is 2. The Morgan fingerprint density at radius 3 is 2.64 bits per heavy atom. The van der Waals surface area contributed by atoms with E-state index in [0.717, 1.165) is 0 Å². The molecule has 1 aromatic rings. The standard InChI is InChI=1S/C6H5BrN2O.ClH/c7-5-3-9-2-1-4(5)6(8)10;/h1-3H,(H2,8,10);1H.